The number of benzene rings is 1. The molecule has 0 heterocycles. The molecule has 0 aliphatic heterocycles. The number of carbonyl (C=O) groups is 2. The number of hydrogen-bond acceptors (Lipinski definition) is 3. The second kappa shape index (κ2) is 7.00. The molecule has 1 aromatic carbocycles. The summed E-state index contributed by atoms with van der Waals surface area (Å²) in [7, 11) is 0. The van der Waals surface area contributed by atoms with Gasteiger partial charge < -0.3 is 15.2 Å². The SMILES string of the molecule is C=CCOc1cccc(/C=C(/NC(C)=O)C(=O)O)c1. The summed E-state index contributed by atoms with van der Waals surface area (Å²) in [5.41, 5.74) is 0.432. The van der Waals surface area contributed by atoms with Gasteiger partial charge in [-0.25, -0.2) is 4.79 Å². The van der Waals surface area contributed by atoms with Crippen molar-refractivity contribution in [1.29, 1.82) is 0 Å². The van der Waals surface area contributed by atoms with Crippen molar-refractivity contribution in [2.24, 2.45) is 0 Å². The molecule has 0 saturated carbocycles. The number of ether oxygens (including phenoxy) is 1. The van der Waals surface area contributed by atoms with Crippen molar-refractivity contribution in [1.82, 2.24) is 5.32 Å². The number of carboxylic acid groups (broad SMARTS) is 1. The summed E-state index contributed by atoms with van der Waals surface area (Å²) in [6, 6.07) is 6.87. The van der Waals surface area contributed by atoms with Gasteiger partial charge in [-0.2, -0.15) is 0 Å². The van der Waals surface area contributed by atoms with Crippen molar-refractivity contribution in [2.45, 2.75) is 6.92 Å². The van der Waals surface area contributed by atoms with E-state index in [0.717, 1.165) is 0 Å². The van der Waals surface area contributed by atoms with Crippen LogP contribution in [0.15, 0.2) is 42.6 Å². The van der Waals surface area contributed by atoms with Crippen molar-refractivity contribution < 1.29 is 19.4 Å². The van der Waals surface area contributed by atoms with E-state index in [-0.39, 0.29) is 5.70 Å². The maximum atomic E-state index is 11.0. The fraction of sp³-hybridized carbons (Fsp3) is 0.143. The Balaban J connectivity index is 2.96. The fourth-order valence-corrected chi connectivity index (χ4v) is 1.36. The molecule has 0 spiro atoms. The molecule has 2 N–H and O–H groups in total. The molecule has 1 amide bonds. The van der Waals surface area contributed by atoms with Crippen LogP contribution >= 0.6 is 0 Å². The van der Waals surface area contributed by atoms with Crippen LogP contribution in [0, 0.1) is 0 Å². The summed E-state index contributed by atoms with van der Waals surface area (Å²) >= 11 is 0. The van der Waals surface area contributed by atoms with E-state index in [9.17, 15) is 9.59 Å². The zero-order valence-electron chi connectivity index (χ0n) is 10.6. The molecule has 0 bridgehead atoms. The predicted molar refractivity (Wildman–Crippen MR) is 71.6 cm³/mol. The Bertz CT molecular complexity index is 520. The Morgan fingerprint density at radius 2 is 2.21 bits per heavy atom. The summed E-state index contributed by atoms with van der Waals surface area (Å²) in [6.07, 6.45) is 2.98. The van der Waals surface area contributed by atoms with Crippen molar-refractivity contribution in [3.63, 3.8) is 0 Å². The summed E-state index contributed by atoms with van der Waals surface area (Å²) in [6.45, 7) is 5.16. The number of carboxylic acids is 1. The Morgan fingerprint density at radius 1 is 1.47 bits per heavy atom. The Kier molecular flexibility index (Phi) is 5.35. The van der Waals surface area contributed by atoms with E-state index < -0.39 is 11.9 Å². The highest BCUT2D eigenvalue weighted by atomic mass is 16.5. The van der Waals surface area contributed by atoms with Crippen molar-refractivity contribution in [2.75, 3.05) is 6.61 Å². The molecular weight excluding hydrogens is 246 g/mol. The van der Waals surface area contributed by atoms with Gasteiger partial charge in [-0.1, -0.05) is 24.8 Å². The minimum absolute atomic E-state index is 0.187. The van der Waals surface area contributed by atoms with Crippen LogP contribution in [-0.4, -0.2) is 23.6 Å². The zero-order valence-corrected chi connectivity index (χ0v) is 10.6. The first-order chi connectivity index (χ1) is 9.02. The number of amides is 1. The van der Waals surface area contributed by atoms with E-state index in [1.807, 2.05) is 0 Å². The average Bonchev–Trinajstić information content (AvgIpc) is 2.35. The molecule has 1 rings (SSSR count). The molecular formula is C14H15NO4. The number of carbonyl (C=O) groups excluding carboxylic acids is 1. The Hall–Kier alpha value is -2.56. The highest BCUT2D eigenvalue weighted by Crippen LogP contribution is 2.15. The molecule has 100 valence electrons. The summed E-state index contributed by atoms with van der Waals surface area (Å²) in [4.78, 5) is 21.9. The standard InChI is InChI=1S/C14H15NO4/c1-3-7-19-12-6-4-5-11(8-12)9-13(14(17)18)15-10(2)16/h3-6,8-9H,1,7H2,2H3,(H,15,16)(H,17,18)/b13-9+. The smallest absolute Gasteiger partial charge is 0.352 e. The van der Waals surface area contributed by atoms with Crippen LogP contribution in [0.25, 0.3) is 6.08 Å². The van der Waals surface area contributed by atoms with E-state index in [1.54, 1.807) is 30.3 Å². The Labute approximate surface area is 111 Å². The number of rotatable bonds is 6. The first kappa shape index (κ1) is 14.5. The van der Waals surface area contributed by atoms with Crippen molar-refractivity contribution >= 4 is 18.0 Å². The van der Waals surface area contributed by atoms with Gasteiger partial charge in [-0.3, -0.25) is 4.79 Å². The zero-order chi connectivity index (χ0) is 14.3. The number of hydrogen-bond donors (Lipinski definition) is 2. The molecule has 5 nitrogen and oxygen atoms in total. The minimum Gasteiger partial charge on any atom is -0.490 e. The molecule has 5 heteroatoms. The lowest BCUT2D eigenvalue weighted by Gasteiger charge is -2.05. The van der Waals surface area contributed by atoms with Crippen LogP contribution in [0.4, 0.5) is 0 Å². The molecule has 0 aliphatic carbocycles. The van der Waals surface area contributed by atoms with Gasteiger partial charge in [-0.05, 0) is 23.8 Å². The summed E-state index contributed by atoms with van der Waals surface area (Å²) in [5, 5.41) is 11.2. The van der Waals surface area contributed by atoms with Crippen LogP contribution < -0.4 is 10.1 Å². The average molecular weight is 261 g/mol. The summed E-state index contributed by atoms with van der Waals surface area (Å²) in [5.74, 6) is -1.04. The lowest BCUT2D eigenvalue weighted by atomic mass is 10.2. The molecule has 0 unspecified atom stereocenters. The van der Waals surface area contributed by atoms with E-state index in [1.165, 1.54) is 13.0 Å². The third-order valence-electron chi connectivity index (χ3n) is 2.08. The van der Waals surface area contributed by atoms with E-state index in [2.05, 4.69) is 11.9 Å². The van der Waals surface area contributed by atoms with Crippen LogP contribution in [0.2, 0.25) is 0 Å². The van der Waals surface area contributed by atoms with Gasteiger partial charge in [-0.15, -0.1) is 0 Å². The van der Waals surface area contributed by atoms with Crippen molar-refractivity contribution in [3.8, 4) is 5.75 Å². The van der Waals surface area contributed by atoms with Crippen LogP contribution in [0.1, 0.15) is 12.5 Å². The fourth-order valence-electron chi connectivity index (χ4n) is 1.36. The lowest BCUT2D eigenvalue weighted by Crippen LogP contribution is -2.24. The minimum atomic E-state index is -1.20. The molecule has 19 heavy (non-hydrogen) atoms. The van der Waals surface area contributed by atoms with E-state index >= 15 is 0 Å². The summed E-state index contributed by atoms with van der Waals surface area (Å²) < 4.78 is 5.34. The first-order valence-corrected chi connectivity index (χ1v) is 5.59. The van der Waals surface area contributed by atoms with Gasteiger partial charge in [0.25, 0.3) is 0 Å². The second-order valence-corrected chi connectivity index (χ2v) is 3.72. The molecule has 0 atom stereocenters. The number of aliphatic carboxylic acids is 1. The van der Waals surface area contributed by atoms with E-state index in [0.29, 0.717) is 17.9 Å². The second-order valence-electron chi connectivity index (χ2n) is 3.72. The third-order valence-corrected chi connectivity index (χ3v) is 2.08. The lowest BCUT2D eigenvalue weighted by molar-refractivity contribution is -0.134. The van der Waals surface area contributed by atoms with E-state index in [4.69, 9.17) is 9.84 Å². The van der Waals surface area contributed by atoms with Gasteiger partial charge >= 0.3 is 5.97 Å². The van der Waals surface area contributed by atoms with Gasteiger partial charge in [0.05, 0.1) is 0 Å². The van der Waals surface area contributed by atoms with Crippen LogP contribution in [0.5, 0.6) is 5.75 Å². The van der Waals surface area contributed by atoms with Crippen LogP contribution in [-0.2, 0) is 9.59 Å². The Morgan fingerprint density at radius 3 is 2.79 bits per heavy atom. The quantitative estimate of drug-likeness (QED) is 0.605. The predicted octanol–water partition coefficient (Wildman–Crippen LogP) is 1.81. The van der Waals surface area contributed by atoms with Crippen LogP contribution in [0.3, 0.4) is 0 Å². The largest absolute Gasteiger partial charge is 0.490 e. The molecule has 1 aromatic rings. The highest BCUT2D eigenvalue weighted by Gasteiger charge is 2.08. The molecule has 0 saturated heterocycles. The number of nitrogens with one attached hydrogen (secondary N) is 1. The van der Waals surface area contributed by atoms with Gasteiger partial charge in [0.1, 0.15) is 18.1 Å². The first-order valence-electron chi connectivity index (χ1n) is 5.59. The topological polar surface area (TPSA) is 75.6 Å². The van der Waals surface area contributed by atoms with Gasteiger partial charge in [0, 0.05) is 6.92 Å². The highest BCUT2D eigenvalue weighted by molar-refractivity contribution is 5.96. The molecule has 0 aromatic heterocycles. The molecule has 0 fully saturated rings. The monoisotopic (exact) mass is 261 g/mol. The van der Waals surface area contributed by atoms with Gasteiger partial charge in [0.15, 0.2) is 0 Å². The van der Waals surface area contributed by atoms with Gasteiger partial charge in [0.2, 0.25) is 5.91 Å². The molecule has 0 radical (unpaired) electrons. The van der Waals surface area contributed by atoms with Crippen molar-refractivity contribution in [3.05, 3.63) is 48.2 Å². The normalized spacial score (nSPS) is 10.7. The molecule has 0 aliphatic rings. The maximum Gasteiger partial charge on any atom is 0.352 e. The maximum absolute atomic E-state index is 11.0. The third kappa shape index (κ3) is 5.08.